The summed E-state index contributed by atoms with van der Waals surface area (Å²) >= 11 is 0. The van der Waals surface area contributed by atoms with Gasteiger partial charge in [0.1, 0.15) is 12.3 Å². The van der Waals surface area contributed by atoms with Crippen LogP contribution < -0.4 is 5.32 Å². The van der Waals surface area contributed by atoms with Crippen LogP contribution in [0.15, 0.2) is 23.3 Å². The second kappa shape index (κ2) is 7.33. The van der Waals surface area contributed by atoms with Gasteiger partial charge in [-0.15, -0.1) is 0 Å². The van der Waals surface area contributed by atoms with E-state index in [4.69, 9.17) is 0 Å². The van der Waals surface area contributed by atoms with Gasteiger partial charge in [0.15, 0.2) is 0 Å². The van der Waals surface area contributed by atoms with Crippen LogP contribution in [-0.2, 0) is 0 Å². The summed E-state index contributed by atoms with van der Waals surface area (Å²) in [5.74, 6) is 0.0332. The molecule has 0 amide bonds. The maximum Gasteiger partial charge on any atom is 0.137 e. The first-order chi connectivity index (χ1) is 12.3. The van der Waals surface area contributed by atoms with Crippen LogP contribution in [0.5, 0.6) is 0 Å². The lowest BCUT2D eigenvalue weighted by atomic mass is 9.61. The average molecular weight is 369 g/mol. The van der Waals surface area contributed by atoms with Crippen LogP contribution in [0.4, 0.5) is 8.78 Å². The Bertz CT molecular complexity index is 593. The first kappa shape index (κ1) is 20.0. The van der Waals surface area contributed by atoms with E-state index in [0.29, 0.717) is 25.2 Å². The largest absolute Gasteiger partial charge is 0.393 e. The second-order valence-electron chi connectivity index (χ2n) is 8.89. The first-order valence-electron chi connectivity index (χ1n) is 9.94. The maximum atomic E-state index is 14.5. The van der Waals surface area contributed by atoms with E-state index < -0.39 is 23.4 Å². The van der Waals surface area contributed by atoms with Gasteiger partial charge < -0.3 is 15.5 Å². The molecule has 148 valence electrons. The molecule has 2 fully saturated rings. The van der Waals surface area contributed by atoms with Crippen LogP contribution in [0, 0.1) is 17.3 Å². The summed E-state index contributed by atoms with van der Waals surface area (Å²) in [6.07, 6.45) is 5.12. The summed E-state index contributed by atoms with van der Waals surface area (Å²) in [5.41, 5.74) is 0.132. The predicted molar refractivity (Wildman–Crippen MR) is 99.3 cm³/mol. The van der Waals surface area contributed by atoms with Crippen LogP contribution in [0.3, 0.4) is 0 Å². The number of aliphatic hydroxyl groups excluding tert-OH is 1. The minimum absolute atomic E-state index is 0.113. The van der Waals surface area contributed by atoms with Crippen molar-refractivity contribution in [3.8, 4) is 0 Å². The zero-order valence-electron chi connectivity index (χ0n) is 16.1. The number of nitrogens with one attached hydrogen (secondary N) is 1. The van der Waals surface area contributed by atoms with Crippen molar-refractivity contribution in [2.45, 2.75) is 75.9 Å². The summed E-state index contributed by atoms with van der Waals surface area (Å²) in [6, 6.07) is 0. The molecule has 3 N–H and O–H groups in total. The molecule has 0 heterocycles. The number of hydrogen-bond acceptors (Lipinski definition) is 3. The van der Waals surface area contributed by atoms with E-state index in [1.165, 1.54) is 5.57 Å². The molecular weight excluding hydrogens is 336 g/mol. The number of fused-ring (bicyclic) bond motifs is 4. The van der Waals surface area contributed by atoms with Crippen molar-refractivity contribution >= 4 is 0 Å². The number of hydrogen-bond donors (Lipinski definition) is 3. The zero-order chi connectivity index (χ0) is 19.1. The molecule has 6 unspecified atom stereocenters. The Hall–Kier alpha value is -0.780. The molecule has 0 saturated heterocycles. The third kappa shape index (κ3) is 3.16. The Balaban J connectivity index is 0.000000613. The highest BCUT2D eigenvalue weighted by molar-refractivity contribution is 5.40. The highest BCUT2D eigenvalue weighted by atomic mass is 19.2. The summed E-state index contributed by atoms with van der Waals surface area (Å²) in [4.78, 5) is 0. The van der Waals surface area contributed by atoms with Gasteiger partial charge in [-0.05, 0) is 70.5 Å². The molecule has 0 aromatic carbocycles. The zero-order valence-corrected chi connectivity index (χ0v) is 16.1. The molecule has 0 radical (unpaired) electrons. The fourth-order valence-corrected chi connectivity index (χ4v) is 5.65. The summed E-state index contributed by atoms with van der Waals surface area (Å²) < 4.78 is 28.5. The topological polar surface area (TPSA) is 52.5 Å². The molecule has 0 bridgehead atoms. The molecule has 0 aromatic heterocycles. The molecule has 5 heteroatoms. The van der Waals surface area contributed by atoms with Crippen LogP contribution in [0.2, 0.25) is 0 Å². The first-order valence-corrected chi connectivity index (χ1v) is 9.94. The summed E-state index contributed by atoms with van der Waals surface area (Å²) in [7, 11) is 3.75. The van der Waals surface area contributed by atoms with Gasteiger partial charge in [0.25, 0.3) is 0 Å². The van der Waals surface area contributed by atoms with E-state index in [2.05, 4.69) is 5.32 Å². The van der Waals surface area contributed by atoms with Gasteiger partial charge in [-0.3, -0.25) is 0 Å². The highest BCUT2D eigenvalue weighted by Gasteiger charge is 2.62. The Morgan fingerprint density at radius 3 is 2.58 bits per heavy atom. The minimum Gasteiger partial charge on any atom is -0.393 e. The average Bonchev–Trinajstić information content (AvgIpc) is 2.75. The SMILES string of the molecule is CC12CC=C3C=C4CC(O)CCC4CC[C@]3(O)C1CC(F)C2F.CNC. The van der Waals surface area contributed by atoms with E-state index in [-0.39, 0.29) is 18.4 Å². The fourth-order valence-electron chi connectivity index (χ4n) is 5.65. The second-order valence-corrected chi connectivity index (χ2v) is 8.89. The standard InChI is InChI=1S/C19H26F2O2.C2H7N/c1-18-6-5-13-8-12-9-14(22)3-2-11(12)4-7-19(13,23)16(18)10-15(20)17(18)21;1-3-2/h5,8,11,14-17,22-23H,2-4,6-7,9-10H2,1H3;3H,1-2H3/t11?,14?,15?,16?,17?,18?,19-;/m1./s1. The highest BCUT2D eigenvalue weighted by Crippen LogP contribution is 2.60. The molecule has 0 aliphatic heterocycles. The monoisotopic (exact) mass is 369 g/mol. The molecule has 7 atom stereocenters. The van der Waals surface area contributed by atoms with Crippen molar-refractivity contribution in [3.63, 3.8) is 0 Å². The van der Waals surface area contributed by atoms with E-state index in [9.17, 15) is 19.0 Å². The van der Waals surface area contributed by atoms with Crippen molar-refractivity contribution in [1.82, 2.24) is 5.32 Å². The lowest BCUT2D eigenvalue weighted by molar-refractivity contribution is -0.0588. The quantitative estimate of drug-likeness (QED) is 0.613. The molecule has 0 spiro atoms. The van der Waals surface area contributed by atoms with E-state index in [1.54, 1.807) is 6.92 Å². The number of aliphatic hydroxyl groups is 2. The number of allylic oxidation sites excluding steroid dienone is 1. The van der Waals surface area contributed by atoms with E-state index >= 15 is 0 Å². The summed E-state index contributed by atoms with van der Waals surface area (Å²) in [6.45, 7) is 1.79. The van der Waals surface area contributed by atoms with Gasteiger partial charge in [0, 0.05) is 11.3 Å². The predicted octanol–water partition coefficient (Wildman–Crippen LogP) is 3.47. The van der Waals surface area contributed by atoms with Crippen LogP contribution in [-0.4, -0.2) is 48.4 Å². The normalized spacial score (nSPS) is 47.3. The minimum atomic E-state index is -1.49. The fraction of sp³-hybridized carbons (Fsp3) is 0.810. The molecule has 4 aliphatic carbocycles. The van der Waals surface area contributed by atoms with Crippen LogP contribution in [0.1, 0.15) is 51.9 Å². The van der Waals surface area contributed by atoms with Gasteiger partial charge in [-0.2, -0.15) is 0 Å². The van der Waals surface area contributed by atoms with Crippen molar-refractivity contribution in [3.05, 3.63) is 23.3 Å². The van der Waals surface area contributed by atoms with E-state index in [1.807, 2.05) is 26.2 Å². The number of halogens is 2. The van der Waals surface area contributed by atoms with Gasteiger partial charge in [-0.25, -0.2) is 8.78 Å². The van der Waals surface area contributed by atoms with Crippen molar-refractivity contribution in [2.24, 2.45) is 17.3 Å². The maximum absolute atomic E-state index is 14.5. The molecule has 3 nitrogen and oxygen atoms in total. The third-order valence-corrected chi connectivity index (χ3v) is 7.10. The molecule has 2 saturated carbocycles. The Morgan fingerprint density at radius 2 is 1.88 bits per heavy atom. The molecule has 4 aliphatic rings. The lowest BCUT2D eigenvalue weighted by Crippen LogP contribution is -2.49. The molecular formula is C21H33F2NO2. The Morgan fingerprint density at radius 1 is 1.19 bits per heavy atom. The van der Waals surface area contributed by atoms with Gasteiger partial charge in [-0.1, -0.05) is 24.6 Å². The van der Waals surface area contributed by atoms with E-state index in [0.717, 1.165) is 24.8 Å². The lowest BCUT2D eigenvalue weighted by Gasteiger charge is -2.47. The van der Waals surface area contributed by atoms with Crippen molar-refractivity contribution in [1.29, 1.82) is 0 Å². The number of rotatable bonds is 0. The number of alkyl halides is 2. The van der Waals surface area contributed by atoms with Crippen molar-refractivity contribution in [2.75, 3.05) is 14.1 Å². The smallest absolute Gasteiger partial charge is 0.137 e. The molecule has 4 rings (SSSR count). The molecule has 0 aromatic rings. The van der Waals surface area contributed by atoms with Gasteiger partial charge in [0.05, 0.1) is 11.7 Å². The Kier molecular flexibility index (Phi) is 5.63. The van der Waals surface area contributed by atoms with Gasteiger partial charge >= 0.3 is 0 Å². The van der Waals surface area contributed by atoms with Crippen LogP contribution in [0.25, 0.3) is 0 Å². The van der Waals surface area contributed by atoms with Crippen molar-refractivity contribution < 1.29 is 19.0 Å². The molecule has 26 heavy (non-hydrogen) atoms. The van der Waals surface area contributed by atoms with Gasteiger partial charge in [0.2, 0.25) is 0 Å². The third-order valence-electron chi connectivity index (χ3n) is 7.10. The summed E-state index contributed by atoms with van der Waals surface area (Å²) in [5, 5.41) is 24.1. The Labute approximate surface area is 155 Å². The van der Waals surface area contributed by atoms with Crippen LogP contribution >= 0.6 is 0 Å².